The molecular formula is C14H22N2O. The number of aliphatic hydroxyl groups excluding tert-OH is 1. The van der Waals surface area contributed by atoms with Crippen molar-refractivity contribution in [3.05, 3.63) is 23.9 Å². The number of aromatic nitrogens is 1. The normalized spacial score (nSPS) is 18.1. The topological polar surface area (TPSA) is 36.4 Å². The van der Waals surface area contributed by atoms with Gasteiger partial charge in [-0.05, 0) is 50.7 Å². The summed E-state index contributed by atoms with van der Waals surface area (Å²) in [5, 5.41) is 9.38. The Bertz CT molecular complexity index is 346. The zero-order valence-corrected chi connectivity index (χ0v) is 10.6. The van der Waals surface area contributed by atoms with Gasteiger partial charge in [0.1, 0.15) is 5.82 Å². The third kappa shape index (κ3) is 3.43. The fraction of sp³-hybridized carbons (Fsp3) is 0.643. The largest absolute Gasteiger partial charge is 0.393 e. The highest BCUT2D eigenvalue weighted by Gasteiger charge is 2.15. The summed E-state index contributed by atoms with van der Waals surface area (Å²) in [5.74, 6) is 1.13. The van der Waals surface area contributed by atoms with Crippen molar-refractivity contribution in [2.75, 3.05) is 18.0 Å². The molecule has 0 radical (unpaired) electrons. The first kappa shape index (κ1) is 12.4. The molecule has 3 nitrogen and oxygen atoms in total. The highest BCUT2D eigenvalue weighted by Crippen LogP contribution is 2.22. The number of pyridine rings is 1. The van der Waals surface area contributed by atoms with Crippen LogP contribution in [0.2, 0.25) is 0 Å². The Morgan fingerprint density at radius 1 is 1.35 bits per heavy atom. The van der Waals surface area contributed by atoms with Gasteiger partial charge < -0.3 is 10.0 Å². The third-order valence-corrected chi connectivity index (χ3v) is 3.35. The summed E-state index contributed by atoms with van der Waals surface area (Å²) in [6.07, 6.45) is 7.25. The first-order valence-electron chi connectivity index (χ1n) is 6.64. The average Bonchev–Trinajstić information content (AvgIpc) is 2.38. The van der Waals surface area contributed by atoms with Crippen LogP contribution in [0.1, 0.15) is 38.2 Å². The van der Waals surface area contributed by atoms with Crippen LogP contribution < -0.4 is 4.90 Å². The smallest absolute Gasteiger partial charge is 0.131 e. The summed E-state index contributed by atoms with van der Waals surface area (Å²) >= 11 is 0. The fourth-order valence-electron chi connectivity index (χ4n) is 2.38. The Hall–Kier alpha value is -1.09. The van der Waals surface area contributed by atoms with Gasteiger partial charge in [-0.3, -0.25) is 0 Å². The molecule has 0 aliphatic carbocycles. The van der Waals surface area contributed by atoms with Gasteiger partial charge in [0.15, 0.2) is 0 Å². The second-order valence-corrected chi connectivity index (χ2v) is 4.92. The Morgan fingerprint density at radius 2 is 2.12 bits per heavy atom. The lowest BCUT2D eigenvalue weighted by Gasteiger charge is -2.29. The van der Waals surface area contributed by atoms with E-state index < -0.39 is 0 Å². The number of aliphatic hydroxyl groups is 1. The maximum Gasteiger partial charge on any atom is 0.131 e. The molecule has 0 aromatic carbocycles. The molecule has 2 heterocycles. The van der Waals surface area contributed by atoms with Crippen LogP contribution >= 0.6 is 0 Å². The summed E-state index contributed by atoms with van der Waals surface area (Å²) in [5.41, 5.74) is 1.27. The van der Waals surface area contributed by atoms with Crippen molar-refractivity contribution in [2.45, 2.75) is 45.1 Å². The molecule has 1 aromatic rings. The molecule has 0 unspecified atom stereocenters. The molecule has 1 fully saturated rings. The quantitative estimate of drug-likeness (QED) is 0.869. The van der Waals surface area contributed by atoms with Gasteiger partial charge in [0, 0.05) is 19.3 Å². The standard InChI is InChI=1S/C14H22N2O/c1-12(17)7-8-13-6-5-9-15-14(13)16-10-3-2-4-11-16/h5-6,9,12,17H,2-4,7-8,10-11H2,1H3/t12-/m0/s1. The lowest BCUT2D eigenvalue weighted by atomic mass is 10.1. The molecule has 1 aliphatic rings. The van der Waals surface area contributed by atoms with Gasteiger partial charge in [-0.25, -0.2) is 4.98 Å². The Labute approximate surface area is 103 Å². The second kappa shape index (κ2) is 6.01. The lowest BCUT2D eigenvalue weighted by molar-refractivity contribution is 0.185. The van der Waals surface area contributed by atoms with Crippen molar-refractivity contribution in [1.82, 2.24) is 4.98 Å². The Balaban J connectivity index is 2.09. The Kier molecular flexibility index (Phi) is 4.37. The third-order valence-electron chi connectivity index (χ3n) is 3.35. The number of hydrogen-bond acceptors (Lipinski definition) is 3. The SMILES string of the molecule is C[C@H](O)CCc1cccnc1N1CCCCC1. The van der Waals surface area contributed by atoms with E-state index in [-0.39, 0.29) is 6.10 Å². The summed E-state index contributed by atoms with van der Waals surface area (Å²) in [6, 6.07) is 4.13. The summed E-state index contributed by atoms with van der Waals surface area (Å²) in [6.45, 7) is 4.09. The number of piperidine rings is 1. The van der Waals surface area contributed by atoms with E-state index in [0.29, 0.717) is 0 Å². The summed E-state index contributed by atoms with van der Waals surface area (Å²) in [7, 11) is 0. The van der Waals surface area contributed by atoms with Crippen LogP contribution in [0.15, 0.2) is 18.3 Å². The molecule has 1 saturated heterocycles. The minimum atomic E-state index is -0.232. The summed E-state index contributed by atoms with van der Waals surface area (Å²) in [4.78, 5) is 6.91. The van der Waals surface area contributed by atoms with E-state index in [4.69, 9.17) is 0 Å². The predicted octanol–water partition coefficient (Wildman–Crippen LogP) is 2.39. The number of hydrogen-bond donors (Lipinski definition) is 1. The number of rotatable bonds is 4. The molecule has 1 atom stereocenters. The van der Waals surface area contributed by atoms with Gasteiger partial charge in [0.25, 0.3) is 0 Å². The molecule has 17 heavy (non-hydrogen) atoms. The van der Waals surface area contributed by atoms with Crippen molar-refractivity contribution in [3.8, 4) is 0 Å². The van der Waals surface area contributed by atoms with Crippen LogP contribution in [0.25, 0.3) is 0 Å². The Morgan fingerprint density at radius 3 is 2.82 bits per heavy atom. The highest BCUT2D eigenvalue weighted by atomic mass is 16.3. The number of anilines is 1. The molecule has 3 heteroatoms. The van der Waals surface area contributed by atoms with Crippen molar-refractivity contribution in [2.24, 2.45) is 0 Å². The molecule has 0 bridgehead atoms. The first-order chi connectivity index (χ1) is 8.27. The summed E-state index contributed by atoms with van der Waals surface area (Å²) < 4.78 is 0. The zero-order valence-electron chi connectivity index (χ0n) is 10.6. The van der Waals surface area contributed by atoms with Gasteiger partial charge in [0.05, 0.1) is 6.10 Å². The van der Waals surface area contributed by atoms with Crippen molar-refractivity contribution < 1.29 is 5.11 Å². The van der Waals surface area contributed by atoms with Crippen molar-refractivity contribution in [1.29, 1.82) is 0 Å². The van der Waals surface area contributed by atoms with E-state index in [1.807, 2.05) is 19.2 Å². The lowest BCUT2D eigenvalue weighted by Crippen LogP contribution is -2.31. The van der Waals surface area contributed by atoms with Crippen LogP contribution in [-0.4, -0.2) is 29.3 Å². The van der Waals surface area contributed by atoms with Crippen molar-refractivity contribution in [3.63, 3.8) is 0 Å². The van der Waals surface area contributed by atoms with E-state index >= 15 is 0 Å². The monoisotopic (exact) mass is 234 g/mol. The van der Waals surface area contributed by atoms with E-state index in [1.54, 1.807) is 0 Å². The number of aryl methyl sites for hydroxylation is 1. The minimum absolute atomic E-state index is 0.232. The van der Waals surface area contributed by atoms with Gasteiger partial charge in [-0.15, -0.1) is 0 Å². The van der Waals surface area contributed by atoms with E-state index in [9.17, 15) is 5.11 Å². The number of nitrogens with zero attached hydrogens (tertiary/aromatic N) is 2. The molecule has 94 valence electrons. The average molecular weight is 234 g/mol. The molecular weight excluding hydrogens is 212 g/mol. The molecule has 1 aliphatic heterocycles. The first-order valence-corrected chi connectivity index (χ1v) is 6.64. The minimum Gasteiger partial charge on any atom is -0.393 e. The maximum atomic E-state index is 9.38. The molecule has 2 rings (SSSR count). The second-order valence-electron chi connectivity index (χ2n) is 4.92. The van der Waals surface area contributed by atoms with Gasteiger partial charge in [-0.1, -0.05) is 6.07 Å². The highest BCUT2D eigenvalue weighted by molar-refractivity contribution is 5.47. The van der Waals surface area contributed by atoms with Crippen LogP contribution in [0, 0.1) is 0 Å². The van der Waals surface area contributed by atoms with Gasteiger partial charge in [-0.2, -0.15) is 0 Å². The molecule has 0 spiro atoms. The van der Waals surface area contributed by atoms with Gasteiger partial charge in [0.2, 0.25) is 0 Å². The molecule has 1 N–H and O–H groups in total. The maximum absolute atomic E-state index is 9.38. The van der Waals surface area contributed by atoms with Gasteiger partial charge >= 0.3 is 0 Å². The molecule has 0 amide bonds. The van der Waals surface area contributed by atoms with E-state index in [0.717, 1.165) is 31.7 Å². The fourth-order valence-corrected chi connectivity index (χ4v) is 2.38. The van der Waals surface area contributed by atoms with Crippen LogP contribution in [0.3, 0.4) is 0 Å². The molecule has 0 saturated carbocycles. The van der Waals surface area contributed by atoms with Crippen LogP contribution in [0.5, 0.6) is 0 Å². The zero-order chi connectivity index (χ0) is 12.1. The molecule has 1 aromatic heterocycles. The van der Waals surface area contributed by atoms with Crippen LogP contribution in [0.4, 0.5) is 5.82 Å². The van der Waals surface area contributed by atoms with Crippen molar-refractivity contribution >= 4 is 5.82 Å². The van der Waals surface area contributed by atoms with E-state index in [1.165, 1.54) is 24.8 Å². The predicted molar refractivity (Wildman–Crippen MR) is 70.3 cm³/mol. The van der Waals surface area contributed by atoms with E-state index in [2.05, 4.69) is 16.0 Å². The van der Waals surface area contributed by atoms with Crippen LogP contribution in [-0.2, 0) is 6.42 Å².